The summed E-state index contributed by atoms with van der Waals surface area (Å²) in [4.78, 5) is 3.96. The van der Waals surface area contributed by atoms with Crippen LogP contribution in [0.2, 0.25) is 5.02 Å². The molecule has 88 valence electrons. The molecule has 0 radical (unpaired) electrons. The number of hydrogen-bond donors (Lipinski definition) is 1. The molecule has 0 unspecified atom stereocenters. The van der Waals surface area contributed by atoms with E-state index < -0.39 is 0 Å². The molecule has 0 bridgehead atoms. The van der Waals surface area contributed by atoms with E-state index >= 15 is 0 Å². The highest BCUT2D eigenvalue weighted by Crippen LogP contribution is 2.31. The highest BCUT2D eigenvalue weighted by atomic mass is 79.9. The topological polar surface area (TPSA) is 24.9 Å². The van der Waals surface area contributed by atoms with Crippen molar-refractivity contribution in [2.45, 2.75) is 6.54 Å². The van der Waals surface area contributed by atoms with E-state index in [-0.39, 0.29) is 0 Å². The molecule has 2 nitrogen and oxygen atoms in total. The van der Waals surface area contributed by atoms with E-state index in [0.717, 1.165) is 20.2 Å². The molecule has 0 spiro atoms. The Kier molecular flexibility index (Phi) is 4.42. The van der Waals surface area contributed by atoms with Crippen LogP contribution in [0.1, 0.15) is 5.56 Å². The molecule has 0 fully saturated rings. The van der Waals surface area contributed by atoms with Crippen LogP contribution in [-0.4, -0.2) is 4.98 Å². The van der Waals surface area contributed by atoms with E-state index in [0.29, 0.717) is 11.6 Å². The second kappa shape index (κ2) is 5.85. The lowest BCUT2D eigenvalue weighted by Gasteiger charge is -2.11. The average molecular weight is 376 g/mol. The third kappa shape index (κ3) is 3.21. The number of halogens is 3. The van der Waals surface area contributed by atoms with Crippen molar-refractivity contribution >= 4 is 49.1 Å². The molecule has 2 rings (SSSR count). The van der Waals surface area contributed by atoms with Crippen LogP contribution in [-0.2, 0) is 6.54 Å². The van der Waals surface area contributed by atoms with Crippen LogP contribution in [0.15, 0.2) is 45.6 Å². The summed E-state index contributed by atoms with van der Waals surface area (Å²) in [6.45, 7) is 0.655. The van der Waals surface area contributed by atoms with E-state index in [1.54, 1.807) is 12.4 Å². The standard InChI is InChI=1S/C12H9Br2ClN2/c13-9-2-1-3-10(14)12(9)17-6-8-4-5-16-7-11(8)15/h1-5,7,17H,6H2. The lowest BCUT2D eigenvalue weighted by atomic mass is 10.2. The maximum Gasteiger partial charge on any atom is 0.0639 e. The van der Waals surface area contributed by atoms with Gasteiger partial charge < -0.3 is 5.32 Å². The highest BCUT2D eigenvalue weighted by molar-refractivity contribution is 9.11. The zero-order valence-electron chi connectivity index (χ0n) is 8.75. The molecule has 2 aromatic rings. The third-order valence-corrected chi connectivity index (χ3v) is 3.94. The summed E-state index contributed by atoms with van der Waals surface area (Å²) in [5.74, 6) is 0. The van der Waals surface area contributed by atoms with Gasteiger partial charge in [0.05, 0.1) is 10.7 Å². The minimum Gasteiger partial charge on any atom is -0.379 e. The number of para-hydroxylation sites is 1. The monoisotopic (exact) mass is 374 g/mol. The second-order valence-corrected chi connectivity index (χ2v) is 5.53. The van der Waals surface area contributed by atoms with Gasteiger partial charge in [0.15, 0.2) is 0 Å². The van der Waals surface area contributed by atoms with E-state index in [4.69, 9.17) is 11.6 Å². The molecule has 17 heavy (non-hydrogen) atoms. The predicted molar refractivity (Wildman–Crippen MR) is 78.4 cm³/mol. The molecule has 5 heteroatoms. The van der Waals surface area contributed by atoms with Gasteiger partial charge in [-0.3, -0.25) is 4.98 Å². The molecule has 0 amide bonds. The summed E-state index contributed by atoms with van der Waals surface area (Å²) in [6.07, 6.45) is 3.38. The fraction of sp³-hybridized carbons (Fsp3) is 0.0833. The number of benzene rings is 1. The number of aromatic nitrogens is 1. The number of anilines is 1. The lowest BCUT2D eigenvalue weighted by Crippen LogP contribution is -2.01. The van der Waals surface area contributed by atoms with E-state index in [9.17, 15) is 0 Å². The Balaban J connectivity index is 2.16. The SMILES string of the molecule is Clc1cnccc1CNc1c(Br)cccc1Br. The van der Waals surface area contributed by atoms with Gasteiger partial charge in [0.25, 0.3) is 0 Å². The number of hydrogen-bond acceptors (Lipinski definition) is 2. The minimum atomic E-state index is 0.655. The van der Waals surface area contributed by atoms with Crippen molar-refractivity contribution in [1.82, 2.24) is 4.98 Å². The highest BCUT2D eigenvalue weighted by Gasteiger charge is 2.05. The van der Waals surface area contributed by atoms with Crippen LogP contribution < -0.4 is 5.32 Å². The minimum absolute atomic E-state index is 0.655. The first-order chi connectivity index (χ1) is 8.18. The molecule has 1 aromatic carbocycles. The zero-order valence-corrected chi connectivity index (χ0v) is 12.7. The largest absolute Gasteiger partial charge is 0.379 e. The van der Waals surface area contributed by atoms with Gasteiger partial charge in [-0.2, -0.15) is 0 Å². The maximum absolute atomic E-state index is 6.04. The Hall–Kier alpha value is -0.580. The van der Waals surface area contributed by atoms with Crippen molar-refractivity contribution in [2.75, 3.05) is 5.32 Å². The number of nitrogens with one attached hydrogen (secondary N) is 1. The molecule has 0 saturated heterocycles. The summed E-state index contributed by atoms with van der Waals surface area (Å²) in [7, 11) is 0. The van der Waals surface area contributed by atoms with Crippen molar-refractivity contribution in [3.8, 4) is 0 Å². The number of nitrogens with zero attached hydrogens (tertiary/aromatic N) is 1. The van der Waals surface area contributed by atoms with Crippen molar-refractivity contribution in [3.63, 3.8) is 0 Å². The van der Waals surface area contributed by atoms with E-state index in [2.05, 4.69) is 42.2 Å². The van der Waals surface area contributed by atoms with Crippen LogP contribution >= 0.6 is 43.5 Å². The van der Waals surface area contributed by atoms with Gasteiger partial charge in [0, 0.05) is 27.9 Å². The molecule has 0 aliphatic carbocycles. The first-order valence-corrected chi connectivity index (χ1v) is 6.91. The van der Waals surface area contributed by atoms with Crippen LogP contribution in [0.25, 0.3) is 0 Å². The molecule has 0 aliphatic heterocycles. The lowest BCUT2D eigenvalue weighted by molar-refractivity contribution is 1.12. The zero-order chi connectivity index (χ0) is 12.3. The third-order valence-electron chi connectivity index (χ3n) is 2.27. The Morgan fingerprint density at radius 1 is 1.18 bits per heavy atom. The summed E-state index contributed by atoms with van der Waals surface area (Å²) in [5, 5.41) is 4.00. The molecule has 1 aromatic heterocycles. The Morgan fingerprint density at radius 3 is 2.53 bits per heavy atom. The molecule has 0 atom stereocenters. The van der Waals surface area contributed by atoms with Crippen LogP contribution in [0.5, 0.6) is 0 Å². The van der Waals surface area contributed by atoms with E-state index in [1.807, 2.05) is 24.3 Å². The Morgan fingerprint density at radius 2 is 1.88 bits per heavy atom. The molecular formula is C12H9Br2ClN2. The van der Waals surface area contributed by atoms with Crippen molar-refractivity contribution in [3.05, 3.63) is 56.2 Å². The molecule has 1 N–H and O–H groups in total. The summed E-state index contributed by atoms with van der Waals surface area (Å²) in [5.41, 5.74) is 2.03. The first-order valence-electron chi connectivity index (χ1n) is 4.95. The van der Waals surface area contributed by atoms with Crippen molar-refractivity contribution in [1.29, 1.82) is 0 Å². The molecule has 0 aliphatic rings. The van der Waals surface area contributed by atoms with Gasteiger partial charge in [-0.15, -0.1) is 0 Å². The average Bonchev–Trinajstić information content (AvgIpc) is 2.30. The van der Waals surface area contributed by atoms with Gasteiger partial charge in [0.2, 0.25) is 0 Å². The van der Waals surface area contributed by atoms with Crippen LogP contribution in [0, 0.1) is 0 Å². The summed E-state index contributed by atoms with van der Waals surface area (Å²) >= 11 is 13.0. The van der Waals surface area contributed by atoms with Gasteiger partial charge in [0.1, 0.15) is 0 Å². The smallest absolute Gasteiger partial charge is 0.0639 e. The van der Waals surface area contributed by atoms with E-state index in [1.165, 1.54) is 0 Å². The summed E-state index contributed by atoms with van der Waals surface area (Å²) in [6, 6.07) is 7.85. The van der Waals surface area contributed by atoms with Crippen molar-refractivity contribution in [2.24, 2.45) is 0 Å². The van der Waals surface area contributed by atoms with Crippen LogP contribution in [0.3, 0.4) is 0 Å². The predicted octanol–water partition coefficient (Wildman–Crippen LogP) is 4.87. The number of pyridine rings is 1. The fourth-order valence-corrected chi connectivity index (χ4v) is 2.86. The molecule has 1 heterocycles. The van der Waals surface area contributed by atoms with Gasteiger partial charge in [-0.05, 0) is 55.6 Å². The van der Waals surface area contributed by atoms with Gasteiger partial charge >= 0.3 is 0 Å². The Labute approximate surface area is 122 Å². The summed E-state index contributed by atoms with van der Waals surface area (Å²) < 4.78 is 2.02. The molecule has 0 saturated carbocycles. The second-order valence-electron chi connectivity index (χ2n) is 3.42. The normalized spacial score (nSPS) is 10.3. The fourth-order valence-electron chi connectivity index (χ4n) is 1.40. The Bertz CT molecular complexity index is 511. The van der Waals surface area contributed by atoms with Gasteiger partial charge in [-0.25, -0.2) is 0 Å². The molecular weight excluding hydrogens is 367 g/mol. The first kappa shape index (κ1) is 12.9. The van der Waals surface area contributed by atoms with Crippen LogP contribution in [0.4, 0.5) is 5.69 Å². The van der Waals surface area contributed by atoms with Crippen molar-refractivity contribution < 1.29 is 0 Å². The number of rotatable bonds is 3. The maximum atomic E-state index is 6.04. The quantitative estimate of drug-likeness (QED) is 0.826. The van der Waals surface area contributed by atoms with Gasteiger partial charge in [-0.1, -0.05) is 17.7 Å².